The quantitative estimate of drug-likeness (QED) is 0.545. The van der Waals surface area contributed by atoms with Crippen molar-refractivity contribution in [1.82, 2.24) is 4.98 Å². The van der Waals surface area contributed by atoms with E-state index in [2.05, 4.69) is 53.5 Å². The molecule has 0 aliphatic carbocycles. The fourth-order valence-corrected chi connectivity index (χ4v) is 1.80. The van der Waals surface area contributed by atoms with Gasteiger partial charge in [-0.1, -0.05) is 36.4 Å². The van der Waals surface area contributed by atoms with Gasteiger partial charge in [-0.25, -0.2) is 0 Å². The number of rotatable bonds is 0. The average molecular weight is 207 g/mol. The van der Waals surface area contributed by atoms with E-state index in [-0.39, 0.29) is 37.7 Å². The molecule has 2 radical (unpaired) electrons. The van der Waals surface area contributed by atoms with Crippen LogP contribution in [0.5, 0.6) is 0 Å². The monoisotopic (exact) mass is 207 g/mol. The summed E-state index contributed by atoms with van der Waals surface area (Å²) in [7, 11) is 0. The molecule has 0 aliphatic rings. The van der Waals surface area contributed by atoms with E-state index in [1.165, 1.54) is 21.8 Å². The smallest absolute Gasteiger partial charge is 0.0464 e. The summed E-state index contributed by atoms with van der Waals surface area (Å²) in [5.41, 5.74) is 2.42. The van der Waals surface area contributed by atoms with Crippen LogP contribution in [0.3, 0.4) is 0 Å². The summed E-state index contributed by atoms with van der Waals surface area (Å²) in [6.07, 6.45) is 0. The molecule has 0 unspecified atom stereocenters. The average Bonchev–Trinajstić information content (AvgIpc) is 2.56. The van der Waals surface area contributed by atoms with Crippen LogP contribution in [0.4, 0.5) is 0 Å². The second kappa shape index (κ2) is 3.93. The van der Waals surface area contributed by atoms with Crippen molar-refractivity contribution in [3.05, 3.63) is 48.5 Å². The minimum Gasteiger partial charge on any atom is -0.355 e. The molecule has 3 aromatic rings. The normalized spacial score (nSPS) is 10.3. The van der Waals surface area contributed by atoms with E-state index in [1.807, 2.05) is 0 Å². The summed E-state index contributed by atoms with van der Waals surface area (Å²) in [5, 5.41) is 2.61. The SMILES string of the molecule is [Ca].c1ccc2c(c1)[nH]c1ccccc12. The van der Waals surface area contributed by atoms with Gasteiger partial charge >= 0.3 is 0 Å². The first-order chi connectivity index (χ1) is 6.45. The van der Waals surface area contributed by atoms with Crippen molar-refractivity contribution in [3.8, 4) is 0 Å². The summed E-state index contributed by atoms with van der Waals surface area (Å²) in [6, 6.07) is 16.8. The van der Waals surface area contributed by atoms with E-state index < -0.39 is 0 Å². The molecular formula is C12H9CaN. The van der Waals surface area contributed by atoms with Gasteiger partial charge in [-0.3, -0.25) is 0 Å². The van der Waals surface area contributed by atoms with Gasteiger partial charge in [-0.2, -0.15) is 0 Å². The van der Waals surface area contributed by atoms with E-state index in [0.717, 1.165) is 0 Å². The maximum absolute atomic E-state index is 3.38. The van der Waals surface area contributed by atoms with Crippen molar-refractivity contribution in [2.24, 2.45) is 0 Å². The Morgan fingerprint density at radius 1 is 0.643 bits per heavy atom. The number of benzene rings is 2. The van der Waals surface area contributed by atoms with Crippen molar-refractivity contribution in [1.29, 1.82) is 0 Å². The van der Waals surface area contributed by atoms with Crippen molar-refractivity contribution in [2.45, 2.75) is 0 Å². The molecule has 0 aliphatic heterocycles. The zero-order chi connectivity index (χ0) is 8.67. The Morgan fingerprint density at radius 2 is 1.07 bits per heavy atom. The summed E-state index contributed by atoms with van der Waals surface area (Å²) in [6.45, 7) is 0. The molecule has 2 heteroatoms. The zero-order valence-electron chi connectivity index (χ0n) is 7.83. The predicted octanol–water partition coefficient (Wildman–Crippen LogP) is 2.94. The van der Waals surface area contributed by atoms with Gasteiger partial charge in [0, 0.05) is 59.5 Å². The Hall–Kier alpha value is -0.500. The van der Waals surface area contributed by atoms with E-state index in [4.69, 9.17) is 0 Å². The second-order valence-electron chi connectivity index (χ2n) is 3.22. The molecule has 1 nitrogen and oxygen atoms in total. The molecule has 0 fully saturated rings. The summed E-state index contributed by atoms with van der Waals surface area (Å²) in [5.74, 6) is 0. The number of para-hydroxylation sites is 2. The molecule has 0 spiro atoms. The van der Waals surface area contributed by atoms with Gasteiger partial charge in [-0.05, 0) is 12.1 Å². The number of hydrogen-bond donors (Lipinski definition) is 1. The van der Waals surface area contributed by atoms with Crippen LogP contribution in [0, 0.1) is 0 Å². The molecule has 14 heavy (non-hydrogen) atoms. The van der Waals surface area contributed by atoms with Crippen LogP contribution in [0.1, 0.15) is 0 Å². The molecule has 3 rings (SSSR count). The first-order valence-corrected chi connectivity index (χ1v) is 4.40. The third-order valence-corrected chi connectivity index (χ3v) is 2.41. The molecule has 0 saturated carbocycles. The summed E-state index contributed by atoms with van der Waals surface area (Å²) >= 11 is 0. The number of aromatic nitrogens is 1. The summed E-state index contributed by atoms with van der Waals surface area (Å²) < 4.78 is 0. The minimum absolute atomic E-state index is 0. The van der Waals surface area contributed by atoms with Crippen LogP contribution < -0.4 is 0 Å². The van der Waals surface area contributed by atoms with E-state index >= 15 is 0 Å². The fraction of sp³-hybridized carbons (Fsp3) is 0. The fourth-order valence-electron chi connectivity index (χ4n) is 1.80. The van der Waals surface area contributed by atoms with Gasteiger partial charge < -0.3 is 4.98 Å². The molecule has 0 amide bonds. The van der Waals surface area contributed by atoms with Crippen LogP contribution >= 0.6 is 0 Å². The predicted molar refractivity (Wildman–Crippen MR) is 61.6 cm³/mol. The standard InChI is InChI=1S/C12H9N.Ca/c1-3-7-11-9(5-1)10-6-2-4-8-12(10)13-11;/h1-8,13H;. The number of aromatic amines is 1. The minimum atomic E-state index is 0. The largest absolute Gasteiger partial charge is 0.355 e. The molecular weight excluding hydrogens is 198 g/mol. The maximum Gasteiger partial charge on any atom is 0.0464 e. The number of hydrogen-bond acceptors (Lipinski definition) is 0. The van der Waals surface area contributed by atoms with Gasteiger partial charge in [0.05, 0.1) is 0 Å². The first-order valence-electron chi connectivity index (χ1n) is 4.40. The third-order valence-electron chi connectivity index (χ3n) is 2.41. The van der Waals surface area contributed by atoms with Crippen LogP contribution in [-0.2, 0) is 0 Å². The maximum atomic E-state index is 3.38. The second-order valence-corrected chi connectivity index (χ2v) is 3.22. The van der Waals surface area contributed by atoms with Crippen LogP contribution in [0.15, 0.2) is 48.5 Å². The van der Waals surface area contributed by atoms with Crippen LogP contribution in [0.25, 0.3) is 21.8 Å². The van der Waals surface area contributed by atoms with Crippen molar-refractivity contribution >= 4 is 59.5 Å². The molecule has 64 valence electrons. The number of fused-ring (bicyclic) bond motifs is 3. The van der Waals surface area contributed by atoms with Gasteiger partial charge in [0.2, 0.25) is 0 Å². The Balaban J connectivity index is 0.000000750. The van der Waals surface area contributed by atoms with Gasteiger partial charge in [0.1, 0.15) is 0 Å². The van der Waals surface area contributed by atoms with E-state index in [1.54, 1.807) is 0 Å². The Bertz CT molecular complexity index is 518. The van der Waals surface area contributed by atoms with Crippen molar-refractivity contribution < 1.29 is 0 Å². The zero-order valence-corrected chi connectivity index (χ0v) is 10.0. The molecule has 1 heterocycles. The third kappa shape index (κ3) is 1.46. The molecule has 1 N–H and O–H groups in total. The molecule has 1 aromatic heterocycles. The van der Waals surface area contributed by atoms with Gasteiger partial charge in [0.15, 0.2) is 0 Å². The van der Waals surface area contributed by atoms with Crippen molar-refractivity contribution in [3.63, 3.8) is 0 Å². The Kier molecular flexibility index (Phi) is 2.82. The molecule has 0 saturated heterocycles. The van der Waals surface area contributed by atoms with Crippen LogP contribution in [0.2, 0.25) is 0 Å². The molecule has 0 bridgehead atoms. The molecule has 2 aromatic carbocycles. The van der Waals surface area contributed by atoms with Crippen LogP contribution in [-0.4, -0.2) is 42.7 Å². The number of H-pyrrole nitrogens is 1. The first kappa shape index (κ1) is 10.0. The van der Waals surface area contributed by atoms with E-state index in [0.29, 0.717) is 0 Å². The number of nitrogens with one attached hydrogen (secondary N) is 1. The van der Waals surface area contributed by atoms with E-state index in [9.17, 15) is 0 Å². The Labute approximate surface area is 112 Å². The summed E-state index contributed by atoms with van der Waals surface area (Å²) in [4.78, 5) is 3.38. The topological polar surface area (TPSA) is 15.8 Å². The molecule has 0 atom stereocenters. The van der Waals surface area contributed by atoms with Gasteiger partial charge in [0.25, 0.3) is 0 Å². The van der Waals surface area contributed by atoms with Gasteiger partial charge in [-0.15, -0.1) is 0 Å². The Morgan fingerprint density at radius 3 is 1.57 bits per heavy atom. The van der Waals surface area contributed by atoms with Crippen molar-refractivity contribution in [2.75, 3.05) is 0 Å².